The Balaban J connectivity index is 2.82. The molecule has 0 aromatic heterocycles. The van der Waals surface area contributed by atoms with Gasteiger partial charge in [0.05, 0.1) is 13.2 Å². The van der Waals surface area contributed by atoms with E-state index < -0.39 is 23.8 Å². The van der Waals surface area contributed by atoms with E-state index in [-0.39, 0.29) is 6.54 Å². The van der Waals surface area contributed by atoms with Crippen molar-refractivity contribution < 1.29 is 19.1 Å². The van der Waals surface area contributed by atoms with Crippen LogP contribution in [0.25, 0.3) is 0 Å². The summed E-state index contributed by atoms with van der Waals surface area (Å²) in [6, 6.07) is 8.95. The summed E-state index contributed by atoms with van der Waals surface area (Å²) in [7, 11) is 1.18. The summed E-state index contributed by atoms with van der Waals surface area (Å²) in [5.41, 5.74) is 0.487. The Morgan fingerprint density at radius 1 is 1.25 bits per heavy atom. The highest BCUT2D eigenvalue weighted by molar-refractivity contribution is 6.35. The molecule has 0 saturated heterocycles. The molecule has 20 heavy (non-hydrogen) atoms. The van der Waals surface area contributed by atoms with Crippen molar-refractivity contribution in [3.63, 3.8) is 0 Å². The predicted molar refractivity (Wildman–Crippen MR) is 68.0 cm³/mol. The molecule has 0 aliphatic heterocycles. The minimum Gasteiger partial charge on any atom is -0.467 e. The zero-order chi connectivity index (χ0) is 15.0. The van der Waals surface area contributed by atoms with Crippen LogP contribution in [0.15, 0.2) is 30.3 Å². The molecule has 1 rings (SSSR count). The van der Waals surface area contributed by atoms with E-state index in [4.69, 9.17) is 5.26 Å². The van der Waals surface area contributed by atoms with Gasteiger partial charge in [-0.1, -0.05) is 30.3 Å². The quantitative estimate of drug-likeness (QED) is 0.444. The third kappa shape index (κ3) is 4.10. The van der Waals surface area contributed by atoms with Gasteiger partial charge in [-0.3, -0.25) is 9.59 Å². The molecule has 1 aromatic carbocycles. The largest absolute Gasteiger partial charge is 0.467 e. The van der Waals surface area contributed by atoms with E-state index >= 15 is 0 Å². The maximum Gasteiger partial charge on any atom is 0.333 e. The lowest BCUT2D eigenvalue weighted by atomic mass is 10.1. The summed E-state index contributed by atoms with van der Waals surface area (Å²) in [4.78, 5) is 34.6. The molecule has 0 bridgehead atoms. The Bertz CT molecular complexity index is 536. The van der Waals surface area contributed by atoms with Crippen molar-refractivity contribution in [1.82, 2.24) is 10.6 Å². The molecule has 7 nitrogen and oxygen atoms in total. The molecule has 0 aliphatic rings. The van der Waals surface area contributed by atoms with Gasteiger partial charge in [-0.2, -0.15) is 5.26 Å². The second-order valence-corrected chi connectivity index (χ2v) is 3.68. The SMILES string of the molecule is COC(=O)C(NC(=O)C(=O)NCC#N)c1ccccc1. The Labute approximate surface area is 115 Å². The van der Waals surface area contributed by atoms with E-state index in [1.807, 2.05) is 0 Å². The highest BCUT2D eigenvalue weighted by atomic mass is 16.5. The minimum atomic E-state index is -1.08. The number of benzene rings is 1. The van der Waals surface area contributed by atoms with Crippen molar-refractivity contribution in [3.05, 3.63) is 35.9 Å². The van der Waals surface area contributed by atoms with Gasteiger partial charge in [0.1, 0.15) is 6.54 Å². The molecule has 7 heteroatoms. The highest BCUT2D eigenvalue weighted by Gasteiger charge is 2.26. The molecular weight excluding hydrogens is 262 g/mol. The summed E-state index contributed by atoms with van der Waals surface area (Å²) in [5, 5.41) is 12.7. The van der Waals surface area contributed by atoms with E-state index in [2.05, 4.69) is 15.4 Å². The lowest BCUT2D eigenvalue weighted by molar-refractivity contribution is -0.147. The second-order valence-electron chi connectivity index (χ2n) is 3.68. The van der Waals surface area contributed by atoms with Crippen LogP contribution in [0.2, 0.25) is 0 Å². The molecule has 0 aliphatic carbocycles. The van der Waals surface area contributed by atoms with Gasteiger partial charge in [0.15, 0.2) is 6.04 Å². The molecule has 0 heterocycles. The van der Waals surface area contributed by atoms with Crippen LogP contribution in [0.5, 0.6) is 0 Å². The normalized spacial score (nSPS) is 10.8. The molecule has 2 N–H and O–H groups in total. The molecule has 0 spiro atoms. The van der Waals surface area contributed by atoms with Gasteiger partial charge in [0, 0.05) is 0 Å². The van der Waals surface area contributed by atoms with Crippen LogP contribution in [0.1, 0.15) is 11.6 Å². The number of esters is 1. The van der Waals surface area contributed by atoms with Gasteiger partial charge in [0.25, 0.3) is 0 Å². The number of carbonyl (C=O) groups excluding carboxylic acids is 3. The lowest BCUT2D eigenvalue weighted by Gasteiger charge is -2.16. The van der Waals surface area contributed by atoms with Crippen LogP contribution < -0.4 is 10.6 Å². The van der Waals surface area contributed by atoms with Crippen LogP contribution in [0.4, 0.5) is 0 Å². The molecule has 2 amide bonds. The van der Waals surface area contributed by atoms with Crippen molar-refractivity contribution in [2.75, 3.05) is 13.7 Å². The van der Waals surface area contributed by atoms with E-state index in [0.29, 0.717) is 5.56 Å². The first-order chi connectivity index (χ1) is 9.60. The number of nitrogens with one attached hydrogen (secondary N) is 2. The summed E-state index contributed by atoms with van der Waals surface area (Å²) in [5.74, 6) is -2.70. The van der Waals surface area contributed by atoms with Crippen molar-refractivity contribution in [2.45, 2.75) is 6.04 Å². The molecule has 1 unspecified atom stereocenters. The number of hydrogen-bond acceptors (Lipinski definition) is 5. The monoisotopic (exact) mass is 275 g/mol. The summed E-state index contributed by atoms with van der Waals surface area (Å²) >= 11 is 0. The number of methoxy groups -OCH3 is 1. The van der Waals surface area contributed by atoms with Crippen LogP contribution in [0.3, 0.4) is 0 Å². The van der Waals surface area contributed by atoms with E-state index in [1.165, 1.54) is 7.11 Å². The third-order valence-corrected chi connectivity index (χ3v) is 2.38. The van der Waals surface area contributed by atoms with Gasteiger partial charge >= 0.3 is 17.8 Å². The van der Waals surface area contributed by atoms with Gasteiger partial charge < -0.3 is 15.4 Å². The van der Waals surface area contributed by atoms with Crippen LogP contribution in [-0.4, -0.2) is 31.4 Å². The Hall–Kier alpha value is -2.88. The molecule has 0 saturated carbocycles. The number of amides is 2. The molecular formula is C13H13N3O4. The zero-order valence-electron chi connectivity index (χ0n) is 10.8. The standard InChI is InChI=1S/C13H13N3O4/c1-20-13(19)10(9-5-3-2-4-6-9)16-12(18)11(17)15-8-7-14/h2-6,10H,8H2,1H3,(H,15,17)(H,16,18). The van der Waals surface area contributed by atoms with Crippen molar-refractivity contribution in [3.8, 4) is 6.07 Å². The number of hydrogen-bond donors (Lipinski definition) is 2. The van der Waals surface area contributed by atoms with Crippen molar-refractivity contribution in [1.29, 1.82) is 5.26 Å². The topological polar surface area (TPSA) is 108 Å². The number of nitriles is 1. The fraction of sp³-hybridized carbons (Fsp3) is 0.231. The third-order valence-electron chi connectivity index (χ3n) is 2.38. The first-order valence-corrected chi connectivity index (χ1v) is 5.68. The van der Waals surface area contributed by atoms with E-state index in [0.717, 1.165) is 0 Å². The number of rotatable bonds is 4. The summed E-state index contributed by atoms with van der Waals surface area (Å²) in [6.07, 6.45) is 0. The fourth-order valence-electron chi connectivity index (χ4n) is 1.44. The van der Waals surface area contributed by atoms with Crippen LogP contribution in [-0.2, 0) is 19.1 Å². The smallest absolute Gasteiger partial charge is 0.333 e. The first kappa shape index (κ1) is 15.2. The Morgan fingerprint density at radius 3 is 2.45 bits per heavy atom. The van der Waals surface area contributed by atoms with Gasteiger partial charge in [-0.25, -0.2) is 4.79 Å². The average Bonchev–Trinajstić information content (AvgIpc) is 2.49. The summed E-state index contributed by atoms with van der Waals surface area (Å²) < 4.78 is 4.59. The number of carbonyl (C=O) groups is 3. The van der Waals surface area contributed by atoms with Crippen molar-refractivity contribution in [2.24, 2.45) is 0 Å². The average molecular weight is 275 g/mol. The predicted octanol–water partition coefficient (Wildman–Crippen LogP) is -0.343. The molecule has 1 aromatic rings. The van der Waals surface area contributed by atoms with Gasteiger partial charge in [0.2, 0.25) is 0 Å². The molecule has 0 radical (unpaired) electrons. The maximum atomic E-state index is 11.7. The number of nitrogens with zero attached hydrogens (tertiary/aromatic N) is 1. The van der Waals surface area contributed by atoms with Crippen molar-refractivity contribution >= 4 is 17.8 Å². The van der Waals surface area contributed by atoms with E-state index in [9.17, 15) is 14.4 Å². The summed E-state index contributed by atoms with van der Waals surface area (Å²) in [6.45, 7) is -0.291. The van der Waals surface area contributed by atoms with Crippen LogP contribution in [0, 0.1) is 11.3 Å². The maximum absolute atomic E-state index is 11.7. The Morgan fingerprint density at radius 2 is 1.90 bits per heavy atom. The molecule has 0 fully saturated rings. The van der Waals surface area contributed by atoms with Crippen LogP contribution >= 0.6 is 0 Å². The molecule has 1 atom stereocenters. The fourth-order valence-corrected chi connectivity index (χ4v) is 1.44. The Kier molecular flexibility index (Phi) is 5.72. The molecule has 104 valence electrons. The first-order valence-electron chi connectivity index (χ1n) is 5.68. The zero-order valence-corrected chi connectivity index (χ0v) is 10.8. The van der Waals surface area contributed by atoms with E-state index in [1.54, 1.807) is 36.4 Å². The number of ether oxygens (including phenoxy) is 1. The highest BCUT2D eigenvalue weighted by Crippen LogP contribution is 2.13. The lowest BCUT2D eigenvalue weighted by Crippen LogP contribution is -2.43. The second kappa shape index (κ2) is 7.53. The minimum absolute atomic E-state index is 0.291. The van der Waals surface area contributed by atoms with Gasteiger partial charge in [-0.15, -0.1) is 0 Å². The van der Waals surface area contributed by atoms with Gasteiger partial charge in [-0.05, 0) is 5.56 Å².